The molecule has 16 heavy (non-hydrogen) atoms. The predicted molar refractivity (Wildman–Crippen MR) is 72.1 cm³/mol. The Kier molecular flexibility index (Phi) is 4.57. The topological polar surface area (TPSA) is 20.2 Å². The SMILES string of the molecule is CCC(CC)C(O)c1ccc(C(C)(C)C)s1. The van der Waals surface area contributed by atoms with Crippen molar-refractivity contribution in [3.63, 3.8) is 0 Å². The Morgan fingerprint density at radius 3 is 2.12 bits per heavy atom. The standard InChI is InChI=1S/C14H24OS/c1-6-10(7-2)13(15)11-8-9-12(16-11)14(3,4)5/h8-10,13,15H,6-7H2,1-5H3. The number of aliphatic hydroxyl groups excluding tert-OH is 1. The van der Waals surface area contributed by atoms with Gasteiger partial charge in [0, 0.05) is 9.75 Å². The average Bonchev–Trinajstić information content (AvgIpc) is 2.67. The Morgan fingerprint density at radius 1 is 1.19 bits per heavy atom. The van der Waals surface area contributed by atoms with Gasteiger partial charge in [-0.1, -0.05) is 47.5 Å². The normalized spacial score (nSPS) is 14.4. The van der Waals surface area contributed by atoms with Crippen LogP contribution in [0.1, 0.15) is 63.3 Å². The minimum atomic E-state index is -0.281. The highest BCUT2D eigenvalue weighted by molar-refractivity contribution is 7.12. The van der Waals surface area contributed by atoms with Gasteiger partial charge in [-0.3, -0.25) is 0 Å². The van der Waals surface area contributed by atoms with Crippen molar-refractivity contribution in [3.8, 4) is 0 Å². The Balaban J connectivity index is 2.85. The van der Waals surface area contributed by atoms with E-state index in [-0.39, 0.29) is 11.5 Å². The van der Waals surface area contributed by atoms with Crippen LogP contribution in [0.15, 0.2) is 12.1 Å². The molecule has 0 amide bonds. The Labute approximate surface area is 104 Å². The molecule has 1 aromatic rings. The summed E-state index contributed by atoms with van der Waals surface area (Å²) in [4.78, 5) is 2.48. The highest BCUT2D eigenvalue weighted by Crippen LogP contribution is 2.36. The fraction of sp³-hybridized carbons (Fsp3) is 0.714. The fourth-order valence-corrected chi connectivity index (χ4v) is 3.03. The van der Waals surface area contributed by atoms with Crippen LogP contribution in [-0.2, 0) is 5.41 Å². The monoisotopic (exact) mass is 240 g/mol. The zero-order chi connectivity index (χ0) is 12.3. The molecule has 1 N–H and O–H groups in total. The summed E-state index contributed by atoms with van der Waals surface area (Å²) < 4.78 is 0. The number of rotatable bonds is 4. The van der Waals surface area contributed by atoms with E-state index >= 15 is 0 Å². The van der Waals surface area contributed by atoms with Gasteiger partial charge >= 0.3 is 0 Å². The number of hydrogen-bond donors (Lipinski definition) is 1. The molecule has 92 valence electrons. The van der Waals surface area contributed by atoms with Gasteiger partial charge in [0.2, 0.25) is 0 Å². The zero-order valence-corrected chi connectivity index (χ0v) is 11.9. The van der Waals surface area contributed by atoms with E-state index in [1.54, 1.807) is 11.3 Å². The van der Waals surface area contributed by atoms with Gasteiger partial charge in [-0.15, -0.1) is 11.3 Å². The highest BCUT2D eigenvalue weighted by atomic mass is 32.1. The third-order valence-electron chi connectivity index (χ3n) is 3.15. The third kappa shape index (κ3) is 3.08. The van der Waals surface area contributed by atoms with Gasteiger partial charge < -0.3 is 5.11 Å². The van der Waals surface area contributed by atoms with E-state index in [4.69, 9.17) is 0 Å². The number of thiophene rings is 1. The Hall–Kier alpha value is -0.340. The number of aliphatic hydroxyl groups is 1. The molecule has 1 rings (SSSR count). The maximum atomic E-state index is 10.3. The van der Waals surface area contributed by atoms with Crippen LogP contribution in [0.4, 0.5) is 0 Å². The molecule has 2 heteroatoms. The largest absolute Gasteiger partial charge is 0.387 e. The van der Waals surface area contributed by atoms with Crippen LogP contribution >= 0.6 is 11.3 Å². The summed E-state index contributed by atoms with van der Waals surface area (Å²) in [7, 11) is 0. The minimum absolute atomic E-state index is 0.191. The molecule has 0 fully saturated rings. The molecule has 0 aliphatic carbocycles. The second-order valence-corrected chi connectivity index (χ2v) is 6.59. The summed E-state index contributed by atoms with van der Waals surface area (Å²) >= 11 is 1.76. The van der Waals surface area contributed by atoms with E-state index in [0.717, 1.165) is 17.7 Å². The molecule has 1 heterocycles. The first-order chi connectivity index (χ1) is 7.40. The zero-order valence-electron chi connectivity index (χ0n) is 11.1. The van der Waals surface area contributed by atoms with E-state index in [2.05, 4.69) is 46.8 Å². The Morgan fingerprint density at radius 2 is 1.75 bits per heavy atom. The first-order valence-electron chi connectivity index (χ1n) is 6.18. The third-order valence-corrected chi connectivity index (χ3v) is 4.73. The van der Waals surface area contributed by atoms with Crippen molar-refractivity contribution < 1.29 is 5.11 Å². The van der Waals surface area contributed by atoms with Gasteiger partial charge in [0.05, 0.1) is 6.10 Å². The van der Waals surface area contributed by atoms with Crippen LogP contribution in [0.25, 0.3) is 0 Å². The van der Waals surface area contributed by atoms with Crippen LogP contribution < -0.4 is 0 Å². The predicted octanol–water partition coefficient (Wildman–Crippen LogP) is 4.52. The minimum Gasteiger partial charge on any atom is -0.387 e. The molecular formula is C14H24OS. The molecule has 0 radical (unpaired) electrons. The van der Waals surface area contributed by atoms with Crippen LogP contribution in [0.3, 0.4) is 0 Å². The summed E-state index contributed by atoms with van der Waals surface area (Å²) in [6.45, 7) is 10.9. The van der Waals surface area contributed by atoms with Crippen LogP contribution in [0, 0.1) is 5.92 Å². The van der Waals surface area contributed by atoms with Crippen LogP contribution in [0.5, 0.6) is 0 Å². The molecule has 0 saturated carbocycles. The molecule has 0 bridgehead atoms. The van der Waals surface area contributed by atoms with Gasteiger partial charge in [0.1, 0.15) is 0 Å². The van der Waals surface area contributed by atoms with Gasteiger partial charge in [-0.05, 0) is 23.5 Å². The molecule has 0 saturated heterocycles. The van der Waals surface area contributed by atoms with Crippen molar-refractivity contribution in [1.29, 1.82) is 0 Å². The van der Waals surface area contributed by atoms with Crippen molar-refractivity contribution in [2.24, 2.45) is 5.92 Å². The van der Waals surface area contributed by atoms with Crippen LogP contribution in [-0.4, -0.2) is 5.11 Å². The smallest absolute Gasteiger partial charge is 0.0909 e. The quantitative estimate of drug-likeness (QED) is 0.820. The van der Waals surface area contributed by atoms with Crippen LogP contribution in [0.2, 0.25) is 0 Å². The lowest BCUT2D eigenvalue weighted by Crippen LogP contribution is -2.10. The second kappa shape index (κ2) is 5.33. The molecule has 1 unspecified atom stereocenters. The van der Waals surface area contributed by atoms with Crippen molar-refractivity contribution in [1.82, 2.24) is 0 Å². The highest BCUT2D eigenvalue weighted by Gasteiger charge is 2.22. The summed E-state index contributed by atoms with van der Waals surface area (Å²) in [5, 5.41) is 10.3. The van der Waals surface area contributed by atoms with Crippen molar-refractivity contribution in [3.05, 3.63) is 21.9 Å². The first kappa shape index (κ1) is 13.7. The van der Waals surface area contributed by atoms with Crippen molar-refractivity contribution in [2.45, 2.75) is 59.0 Å². The molecule has 1 aromatic heterocycles. The molecular weight excluding hydrogens is 216 g/mol. The fourth-order valence-electron chi connectivity index (χ4n) is 1.88. The second-order valence-electron chi connectivity index (χ2n) is 5.47. The summed E-state index contributed by atoms with van der Waals surface area (Å²) in [5.74, 6) is 0.395. The van der Waals surface area contributed by atoms with E-state index in [1.165, 1.54) is 4.88 Å². The van der Waals surface area contributed by atoms with E-state index in [9.17, 15) is 5.11 Å². The summed E-state index contributed by atoms with van der Waals surface area (Å²) in [5.41, 5.74) is 0.191. The molecule has 0 aliphatic heterocycles. The first-order valence-corrected chi connectivity index (χ1v) is 7.00. The maximum Gasteiger partial charge on any atom is 0.0909 e. The van der Waals surface area contributed by atoms with Crippen molar-refractivity contribution >= 4 is 11.3 Å². The van der Waals surface area contributed by atoms with Crippen molar-refractivity contribution in [2.75, 3.05) is 0 Å². The van der Waals surface area contributed by atoms with Gasteiger partial charge in [0.25, 0.3) is 0 Å². The van der Waals surface area contributed by atoms with Gasteiger partial charge in [0.15, 0.2) is 0 Å². The molecule has 0 aromatic carbocycles. The maximum absolute atomic E-state index is 10.3. The van der Waals surface area contributed by atoms with Gasteiger partial charge in [-0.25, -0.2) is 0 Å². The average molecular weight is 240 g/mol. The summed E-state index contributed by atoms with van der Waals surface area (Å²) in [6.07, 6.45) is 1.80. The molecule has 0 spiro atoms. The molecule has 1 atom stereocenters. The lowest BCUT2D eigenvalue weighted by atomic mass is 9.94. The van der Waals surface area contributed by atoms with E-state index in [1.807, 2.05) is 0 Å². The van der Waals surface area contributed by atoms with Gasteiger partial charge in [-0.2, -0.15) is 0 Å². The lowest BCUT2D eigenvalue weighted by molar-refractivity contribution is 0.107. The lowest BCUT2D eigenvalue weighted by Gasteiger charge is -2.19. The van der Waals surface area contributed by atoms with E-state index < -0.39 is 0 Å². The van der Waals surface area contributed by atoms with E-state index in [0.29, 0.717) is 5.92 Å². The number of hydrogen-bond acceptors (Lipinski definition) is 2. The molecule has 0 aliphatic rings. The molecule has 1 nitrogen and oxygen atoms in total. The Bertz CT molecular complexity index is 318. The summed E-state index contributed by atoms with van der Waals surface area (Å²) in [6, 6.07) is 4.25.